The Kier molecular flexibility index (Phi) is 5.40. The highest BCUT2D eigenvalue weighted by molar-refractivity contribution is 7.86. The van der Waals surface area contributed by atoms with Gasteiger partial charge in [0.1, 0.15) is 0 Å². The predicted octanol–water partition coefficient (Wildman–Crippen LogP) is 1.31. The number of piperidine rings is 1. The molecule has 2 aliphatic heterocycles. The van der Waals surface area contributed by atoms with Gasteiger partial charge in [0, 0.05) is 38.8 Å². The van der Waals surface area contributed by atoms with E-state index in [9.17, 15) is 26.4 Å². The van der Waals surface area contributed by atoms with E-state index >= 15 is 0 Å². The topological polar surface area (TPSA) is 75.5 Å². The van der Waals surface area contributed by atoms with Crippen molar-refractivity contribution in [2.45, 2.75) is 38.4 Å². The average Bonchev–Trinajstić information content (AvgIpc) is 3.11. The number of hydrogen-bond donors (Lipinski definition) is 0. The third kappa shape index (κ3) is 4.09. The van der Waals surface area contributed by atoms with E-state index in [0.717, 1.165) is 23.7 Å². The summed E-state index contributed by atoms with van der Waals surface area (Å²) < 4.78 is 66.8. The molecule has 0 aromatic carbocycles. The molecule has 1 aromatic heterocycles. The molecule has 146 valence electrons. The Balaban J connectivity index is 1.60. The van der Waals surface area contributed by atoms with Crippen molar-refractivity contribution in [3.05, 3.63) is 28.4 Å². The monoisotopic (exact) mass is 394 g/mol. The Morgan fingerprint density at radius 3 is 2.19 bits per heavy atom. The summed E-state index contributed by atoms with van der Waals surface area (Å²) in [5.41, 5.74) is -1.95. The Hall–Kier alpha value is -1.46. The zero-order chi connectivity index (χ0) is 18.9. The number of nitrogens with zero attached hydrogens (tertiary/aromatic N) is 4. The molecular weight excluding hydrogens is 373 g/mol. The van der Waals surface area contributed by atoms with Crippen molar-refractivity contribution in [2.24, 2.45) is 5.92 Å². The lowest BCUT2D eigenvalue weighted by molar-refractivity contribution is -0.141. The normalized spacial score (nSPS) is 21.3. The van der Waals surface area contributed by atoms with Gasteiger partial charge in [0.05, 0.1) is 6.33 Å². The molecule has 2 saturated heterocycles. The lowest BCUT2D eigenvalue weighted by Crippen LogP contribution is -2.46. The number of rotatable bonds is 4. The molecule has 11 heteroatoms. The van der Waals surface area contributed by atoms with Gasteiger partial charge in [0.25, 0.3) is 15.8 Å². The molecule has 1 aromatic rings. The molecule has 0 radical (unpaired) electrons. The molecule has 2 fully saturated rings. The molecule has 0 bridgehead atoms. The Bertz CT molecular complexity index is 795. The molecule has 0 saturated carbocycles. The summed E-state index contributed by atoms with van der Waals surface area (Å²) in [7, 11) is -3.43. The van der Waals surface area contributed by atoms with Gasteiger partial charge in [-0.15, -0.1) is 0 Å². The van der Waals surface area contributed by atoms with Crippen LogP contribution in [0.15, 0.2) is 17.2 Å². The molecule has 0 unspecified atom stereocenters. The summed E-state index contributed by atoms with van der Waals surface area (Å²) in [6.45, 7) is 2.05. The summed E-state index contributed by atoms with van der Waals surface area (Å²) in [4.78, 5) is 15.2. The first-order valence-corrected chi connectivity index (χ1v) is 9.96. The van der Waals surface area contributed by atoms with Crippen molar-refractivity contribution in [3.63, 3.8) is 0 Å². The van der Waals surface area contributed by atoms with E-state index in [1.165, 1.54) is 8.61 Å². The van der Waals surface area contributed by atoms with Gasteiger partial charge in [-0.05, 0) is 31.6 Å². The lowest BCUT2D eigenvalue weighted by Gasteiger charge is -2.33. The van der Waals surface area contributed by atoms with Gasteiger partial charge in [-0.1, -0.05) is 0 Å². The second-order valence-electron chi connectivity index (χ2n) is 6.72. The first kappa shape index (κ1) is 19.3. The predicted molar refractivity (Wildman–Crippen MR) is 87.5 cm³/mol. The van der Waals surface area contributed by atoms with Crippen molar-refractivity contribution in [3.8, 4) is 0 Å². The second kappa shape index (κ2) is 7.28. The molecule has 0 spiro atoms. The maximum atomic E-state index is 12.6. The van der Waals surface area contributed by atoms with Gasteiger partial charge < -0.3 is 0 Å². The van der Waals surface area contributed by atoms with Crippen molar-refractivity contribution in [1.29, 1.82) is 0 Å². The summed E-state index contributed by atoms with van der Waals surface area (Å²) in [5.74, 6) is 0.0243. The van der Waals surface area contributed by atoms with Crippen molar-refractivity contribution >= 4 is 10.2 Å². The quantitative estimate of drug-likeness (QED) is 0.772. The molecule has 0 N–H and O–H groups in total. The summed E-state index contributed by atoms with van der Waals surface area (Å²) in [6, 6.07) is 0.493. The van der Waals surface area contributed by atoms with E-state index in [1.807, 2.05) is 0 Å². The number of hydrogen-bond acceptors (Lipinski definition) is 4. The summed E-state index contributed by atoms with van der Waals surface area (Å²) in [5, 5.41) is 0. The Morgan fingerprint density at radius 2 is 1.65 bits per heavy atom. The molecule has 26 heavy (non-hydrogen) atoms. The van der Waals surface area contributed by atoms with E-state index < -0.39 is 27.6 Å². The van der Waals surface area contributed by atoms with Crippen LogP contribution in [0.25, 0.3) is 0 Å². The largest absolute Gasteiger partial charge is 0.433 e. The van der Waals surface area contributed by atoms with Gasteiger partial charge in [0.2, 0.25) is 0 Å². The maximum Gasteiger partial charge on any atom is 0.433 e. The van der Waals surface area contributed by atoms with Crippen LogP contribution in [-0.2, 0) is 22.9 Å². The van der Waals surface area contributed by atoms with Crippen LogP contribution in [0.2, 0.25) is 0 Å². The lowest BCUT2D eigenvalue weighted by atomic mass is 9.98. The van der Waals surface area contributed by atoms with Gasteiger partial charge in [-0.3, -0.25) is 9.36 Å². The van der Waals surface area contributed by atoms with E-state index in [-0.39, 0.29) is 12.5 Å². The smallest absolute Gasteiger partial charge is 0.299 e. The van der Waals surface area contributed by atoms with E-state index in [2.05, 4.69) is 4.98 Å². The number of halogens is 3. The van der Waals surface area contributed by atoms with Crippen LogP contribution in [-0.4, -0.2) is 52.8 Å². The average molecular weight is 394 g/mol. The number of aromatic nitrogens is 2. The maximum absolute atomic E-state index is 12.6. The van der Waals surface area contributed by atoms with Crippen LogP contribution in [0.5, 0.6) is 0 Å². The van der Waals surface area contributed by atoms with E-state index in [1.54, 1.807) is 0 Å². The van der Waals surface area contributed by atoms with Crippen molar-refractivity contribution < 1.29 is 21.6 Å². The molecular formula is C15H21F3N4O3S. The fourth-order valence-corrected chi connectivity index (χ4v) is 5.12. The van der Waals surface area contributed by atoms with Crippen LogP contribution in [0.4, 0.5) is 13.2 Å². The zero-order valence-electron chi connectivity index (χ0n) is 14.2. The minimum Gasteiger partial charge on any atom is -0.299 e. The minimum absolute atomic E-state index is 0.0243. The zero-order valence-corrected chi connectivity index (χ0v) is 15.0. The Labute approximate surface area is 149 Å². The fourth-order valence-electron chi connectivity index (χ4n) is 3.40. The highest BCUT2D eigenvalue weighted by atomic mass is 32.2. The third-order valence-corrected chi connectivity index (χ3v) is 6.95. The molecule has 7 nitrogen and oxygen atoms in total. The fraction of sp³-hybridized carbons (Fsp3) is 0.733. The molecule has 0 aliphatic carbocycles. The summed E-state index contributed by atoms with van der Waals surface area (Å²) >= 11 is 0. The van der Waals surface area contributed by atoms with Crippen LogP contribution >= 0.6 is 0 Å². The molecule has 0 amide bonds. The van der Waals surface area contributed by atoms with Gasteiger partial charge in [0.15, 0.2) is 5.69 Å². The van der Waals surface area contributed by atoms with Crippen LogP contribution in [0, 0.1) is 5.92 Å². The number of alkyl halides is 3. The minimum atomic E-state index is -4.65. The van der Waals surface area contributed by atoms with Crippen LogP contribution < -0.4 is 5.56 Å². The first-order valence-electron chi connectivity index (χ1n) is 8.57. The molecule has 3 rings (SSSR count). The molecule has 3 heterocycles. The second-order valence-corrected chi connectivity index (χ2v) is 8.65. The van der Waals surface area contributed by atoms with Crippen LogP contribution in [0.1, 0.15) is 31.4 Å². The Morgan fingerprint density at radius 1 is 1.08 bits per heavy atom. The van der Waals surface area contributed by atoms with E-state index in [0.29, 0.717) is 45.1 Å². The standard InChI is InChI=1S/C15H21F3N4O3S/c16-15(17,18)13-9-14(23)20(11-19-13)10-12-3-7-22(8-4-12)26(24,25)21-5-1-2-6-21/h9,11-12H,1-8,10H2. The van der Waals surface area contributed by atoms with Crippen molar-refractivity contribution in [2.75, 3.05) is 26.2 Å². The van der Waals surface area contributed by atoms with Gasteiger partial charge >= 0.3 is 6.18 Å². The highest BCUT2D eigenvalue weighted by Gasteiger charge is 2.35. The van der Waals surface area contributed by atoms with Gasteiger partial charge in [-0.2, -0.15) is 30.2 Å². The molecule has 2 aliphatic rings. The highest BCUT2D eigenvalue weighted by Crippen LogP contribution is 2.27. The van der Waals surface area contributed by atoms with Crippen molar-refractivity contribution in [1.82, 2.24) is 18.2 Å². The first-order chi connectivity index (χ1) is 12.2. The summed E-state index contributed by atoms with van der Waals surface area (Å²) in [6.07, 6.45) is -0.869. The molecule has 0 atom stereocenters. The SMILES string of the molecule is O=c1cc(C(F)(F)F)ncn1CC1CCN(S(=O)(=O)N2CCCC2)CC1. The van der Waals surface area contributed by atoms with Gasteiger partial charge in [-0.25, -0.2) is 4.98 Å². The van der Waals surface area contributed by atoms with Crippen LogP contribution in [0.3, 0.4) is 0 Å². The van der Waals surface area contributed by atoms with E-state index in [4.69, 9.17) is 0 Å². The third-order valence-electron chi connectivity index (χ3n) is 4.92.